The van der Waals surface area contributed by atoms with Crippen molar-refractivity contribution >= 4 is 35.0 Å². The van der Waals surface area contributed by atoms with Gasteiger partial charge in [-0.1, -0.05) is 81.4 Å². The number of hydrogen-bond donors (Lipinski definition) is 3. The van der Waals surface area contributed by atoms with Gasteiger partial charge in [-0.3, -0.25) is 4.79 Å². The third kappa shape index (κ3) is 9.79. The standard InChI is InChI=1S/C34H38N2O4S2.C2H6/c1-4-41-22-30(32-17-16-31(42-32)25-11-6-5-7-12-25)40-21-24-14-15-27(28(20-24)26-13-9-8-10-23(26)2)33(37)36-29(34(38)39)18-19-35-3;1-2/h5-17,20,29-30,35H,4,18-19,21-22H2,1-3H3,(H,36,37)(H,38,39);1-2H3. The molecule has 0 aliphatic heterocycles. The summed E-state index contributed by atoms with van der Waals surface area (Å²) in [6, 6.07) is 27.3. The van der Waals surface area contributed by atoms with Crippen molar-refractivity contribution in [3.63, 3.8) is 0 Å². The molecule has 0 fully saturated rings. The summed E-state index contributed by atoms with van der Waals surface area (Å²) in [5.41, 5.74) is 5.29. The van der Waals surface area contributed by atoms with E-state index in [1.54, 1.807) is 24.5 Å². The number of hydrogen-bond acceptors (Lipinski definition) is 6. The summed E-state index contributed by atoms with van der Waals surface area (Å²) < 4.78 is 6.53. The maximum Gasteiger partial charge on any atom is 0.326 e. The Hall–Kier alpha value is -3.43. The van der Waals surface area contributed by atoms with Gasteiger partial charge in [0.1, 0.15) is 12.1 Å². The Morgan fingerprint density at radius 3 is 2.36 bits per heavy atom. The van der Waals surface area contributed by atoms with Crippen LogP contribution < -0.4 is 10.6 Å². The zero-order valence-electron chi connectivity index (χ0n) is 26.3. The third-order valence-corrected chi connectivity index (χ3v) is 9.15. The van der Waals surface area contributed by atoms with E-state index in [1.165, 1.54) is 15.3 Å². The van der Waals surface area contributed by atoms with Gasteiger partial charge in [0.15, 0.2) is 0 Å². The number of amides is 1. The van der Waals surface area contributed by atoms with E-state index >= 15 is 0 Å². The van der Waals surface area contributed by atoms with Crippen LogP contribution in [0.4, 0.5) is 0 Å². The number of carbonyl (C=O) groups is 2. The zero-order chi connectivity index (χ0) is 31.9. The first-order valence-corrected chi connectivity index (χ1v) is 17.1. The fourth-order valence-corrected chi connectivity index (χ4v) is 6.57. The van der Waals surface area contributed by atoms with Gasteiger partial charge >= 0.3 is 5.97 Å². The normalized spacial score (nSPS) is 12.1. The van der Waals surface area contributed by atoms with Crippen molar-refractivity contribution < 1.29 is 19.4 Å². The molecule has 1 aromatic heterocycles. The molecule has 2 atom stereocenters. The van der Waals surface area contributed by atoms with Crippen LogP contribution in [0.3, 0.4) is 0 Å². The molecule has 4 aromatic rings. The molecule has 0 spiro atoms. The van der Waals surface area contributed by atoms with Crippen LogP contribution in [0.1, 0.15) is 59.7 Å². The lowest BCUT2D eigenvalue weighted by Gasteiger charge is -2.19. The lowest BCUT2D eigenvalue weighted by atomic mass is 9.93. The predicted molar refractivity (Wildman–Crippen MR) is 186 cm³/mol. The van der Waals surface area contributed by atoms with Crippen LogP contribution in [0.15, 0.2) is 84.9 Å². The lowest BCUT2D eigenvalue weighted by molar-refractivity contribution is -0.139. The highest BCUT2D eigenvalue weighted by Gasteiger charge is 2.23. The van der Waals surface area contributed by atoms with Crippen LogP contribution in [0, 0.1) is 6.92 Å². The number of thioether (sulfide) groups is 1. The molecule has 0 saturated heterocycles. The van der Waals surface area contributed by atoms with E-state index in [4.69, 9.17) is 4.74 Å². The Balaban J connectivity index is 0.00000259. The summed E-state index contributed by atoms with van der Waals surface area (Å²) in [6.45, 7) is 9.02. The number of aliphatic carboxylic acids is 1. The van der Waals surface area contributed by atoms with Gasteiger partial charge in [0.25, 0.3) is 5.91 Å². The van der Waals surface area contributed by atoms with E-state index in [9.17, 15) is 14.7 Å². The highest BCUT2D eigenvalue weighted by molar-refractivity contribution is 7.99. The number of carboxylic acids is 1. The van der Waals surface area contributed by atoms with Gasteiger partial charge in [0, 0.05) is 21.1 Å². The second kappa shape index (κ2) is 18.4. The molecule has 0 aliphatic rings. The van der Waals surface area contributed by atoms with Crippen molar-refractivity contribution in [1.82, 2.24) is 10.6 Å². The molecule has 3 aromatic carbocycles. The molecule has 0 saturated carbocycles. The zero-order valence-corrected chi connectivity index (χ0v) is 27.9. The first-order chi connectivity index (χ1) is 21.4. The van der Waals surface area contributed by atoms with Crippen LogP contribution in [-0.4, -0.2) is 48.1 Å². The molecule has 8 heteroatoms. The van der Waals surface area contributed by atoms with Crippen LogP contribution in [0.25, 0.3) is 21.6 Å². The number of ether oxygens (including phenoxy) is 1. The minimum absolute atomic E-state index is 0.0641. The highest BCUT2D eigenvalue weighted by Crippen LogP contribution is 2.35. The number of thiophene rings is 1. The minimum atomic E-state index is -1.05. The van der Waals surface area contributed by atoms with Crippen LogP contribution >= 0.6 is 23.1 Å². The van der Waals surface area contributed by atoms with Crippen molar-refractivity contribution in [2.45, 2.75) is 52.9 Å². The van der Waals surface area contributed by atoms with Gasteiger partial charge < -0.3 is 20.5 Å². The molecule has 2 unspecified atom stereocenters. The minimum Gasteiger partial charge on any atom is -0.480 e. The van der Waals surface area contributed by atoms with Gasteiger partial charge in [-0.25, -0.2) is 4.79 Å². The fraction of sp³-hybridized carbons (Fsp3) is 0.333. The number of carbonyl (C=O) groups excluding carboxylic acids is 1. The number of nitrogens with one attached hydrogen (secondary N) is 2. The van der Waals surface area contributed by atoms with Gasteiger partial charge in [0.05, 0.1) is 6.61 Å². The quantitative estimate of drug-likeness (QED) is 0.122. The number of aryl methyl sites for hydroxylation is 1. The average molecular weight is 633 g/mol. The van der Waals surface area contributed by atoms with Gasteiger partial charge in [0.2, 0.25) is 0 Å². The van der Waals surface area contributed by atoms with Gasteiger partial charge in [-0.05, 0) is 84.8 Å². The number of benzene rings is 3. The summed E-state index contributed by atoms with van der Waals surface area (Å²) in [6.07, 6.45) is 0.223. The highest BCUT2D eigenvalue weighted by atomic mass is 32.2. The number of rotatable bonds is 15. The summed E-state index contributed by atoms with van der Waals surface area (Å²) in [5, 5.41) is 15.3. The van der Waals surface area contributed by atoms with Crippen LogP contribution in [0.5, 0.6) is 0 Å². The van der Waals surface area contributed by atoms with E-state index < -0.39 is 17.9 Å². The topological polar surface area (TPSA) is 87.7 Å². The van der Waals surface area contributed by atoms with E-state index in [0.29, 0.717) is 18.7 Å². The van der Waals surface area contributed by atoms with E-state index in [0.717, 1.165) is 33.8 Å². The first-order valence-electron chi connectivity index (χ1n) is 15.1. The monoisotopic (exact) mass is 632 g/mol. The van der Waals surface area contributed by atoms with Crippen LogP contribution in [-0.2, 0) is 16.1 Å². The molecule has 4 rings (SSSR count). The van der Waals surface area contributed by atoms with Crippen molar-refractivity contribution in [2.24, 2.45) is 0 Å². The molecule has 0 bridgehead atoms. The Morgan fingerprint density at radius 2 is 1.68 bits per heavy atom. The maximum atomic E-state index is 13.4. The molecule has 3 N–H and O–H groups in total. The molecule has 6 nitrogen and oxygen atoms in total. The molecule has 44 heavy (non-hydrogen) atoms. The molecule has 1 amide bonds. The predicted octanol–water partition coefficient (Wildman–Crippen LogP) is 8.22. The summed E-state index contributed by atoms with van der Waals surface area (Å²) in [5.74, 6) is 0.387. The van der Waals surface area contributed by atoms with E-state index in [2.05, 4.69) is 54.0 Å². The second-order valence-electron chi connectivity index (χ2n) is 9.98. The van der Waals surface area contributed by atoms with Gasteiger partial charge in [-0.2, -0.15) is 11.8 Å². The van der Waals surface area contributed by atoms with Crippen LogP contribution in [0.2, 0.25) is 0 Å². The maximum absolute atomic E-state index is 13.4. The molecular formula is C36H44N2O4S2. The summed E-state index contributed by atoms with van der Waals surface area (Å²) in [7, 11) is 1.75. The number of carboxylic acid groups (broad SMARTS) is 1. The Morgan fingerprint density at radius 1 is 0.955 bits per heavy atom. The summed E-state index contributed by atoms with van der Waals surface area (Å²) in [4.78, 5) is 27.6. The van der Waals surface area contributed by atoms with Gasteiger partial charge in [-0.15, -0.1) is 11.3 Å². The SMILES string of the molecule is CC.CCSCC(OCc1ccc(C(=O)NC(CCNC)C(=O)O)c(-c2ccccc2C)c1)c1ccc(-c2ccccc2)s1. The van der Waals surface area contributed by atoms with Crippen molar-refractivity contribution in [1.29, 1.82) is 0 Å². The molecular weight excluding hydrogens is 589 g/mol. The third-order valence-electron chi connectivity index (χ3n) is 6.98. The van der Waals surface area contributed by atoms with E-state index in [1.807, 2.05) is 75.0 Å². The van der Waals surface area contributed by atoms with Crippen molar-refractivity contribution in [3.05, 3.63) is 106 Å². The second-order valence-corrected chi connectivity index (χ2v) is 12.4. The largest absolute Gasteiger partial charge is 0.480 e. The molecule has 1 heterocycles. The molecule has 0 aliphatic carbocycles. The first kappa shape index (κ1) is 35.1. The average Bonchev–Trinajstić information content (AvgIpc) is 3.55. The summed E-state index contributed by atoms with van der Waals surface area (Å²) >= 11 is 3.61. The Kier molecular flexibility index (Phi) is 14.7. The fourth-order valence-electron chi connectivity index (χ4n) is 4.68. The molecule has 234 valence electrons. The van der Waals surface area contributed by atoms with Crippen molar-refractivity contribution in [3.8, 4) is 21.6 Å². The smallest absolute Gasteiger partial charge is 0.326 e. The lowest BCUT2D eigenvalue weighted by Crippen LogP contribution is -2.42. The Bertz CT molecular complexity index is 1470. The Labute approximate surface area is 270 Å². The van der Waals surface area contributed by atoms with Crippen molar-refractivity contribution in [2.75, 3.05) is 25.1 Å². The molecule has 0 radical (unpaired) electrons. The van der Waals surface area contributed by atoms with E-state index in [-0.39, 0.29) is 12.5 Å².